The molecule has 0 aliphatic carbocycles. The number of carboxylic acids is 1. The van der Waals surface area contributed by atoms with Gasteiger partial charge >= 0.3 is 12.0 Å². The van der Waals surface area contributed by atoms with Gasteiger partial charge < -0.3 is 15.3 Å². The summed E-state index contributed by atoms with van der Waals surface area (Å²) in [6, 6.07) is 3.66. The van der Waals surface area contributed by atoms with E-state index < -0.39 is 11.9 Å². The minimum absolute atomic E-state index is 0.0867. The summed E-state index contributed by atoms with van der Waals surface area (Å²) in [5.41, 5.74) is -0.0867. The molecule has 0 spiro atoms. The normalized spacial score (nSPS) is 12.8. The second kappa shape index (κ2) is 7.45. The summed E-state index contributed by atoms with van der Waals surface area (Å²) in [5.74, 6) is -1.43. The third kappa shape index (κ3) is 6.62. The molecule has 2 amide bonds. The Hall–Kier alpha value is -1.56. The number of urea groups is 1. The molecule has 1 aromatic heterocycles. The number of carboxylic acid groups (broad SMARTS) is 1. The Kier molecular flexibility index (Phi) is 6.20. The number of amides is 2. The molecular weight excluding hydrogens is 288 g/mol. The van der Waals surface area contributed by atoms with Crippen LogP contribution in [0.5, 0.6) is 0 Å². The first kappa shape index (κ1) is 17.5. The zero-order chi connectivity index (χ0) is 16.0. The van der Waals surface area contributed by atoms with E-state index in [0.717, 1.165) is 4.88 Å². The lowest BCUT2D eigenvalue weighted by Crippen LogP contribution is -2.41. The summed E-state index contributed by atoms with van der Waals surface area (Å²) in [6.07, 6.45) is 0.525. The van der Waals surface area contributed by atoms with Crippen molar-refractivity contribution in [1.82, 2.24) is 10.2 Å². The highest BCUT2D eigenvalue weighted by atomic mass is 32.1. The number of carbonyl (C=O) groups is 2. The zero-order valence-corrected chi connectivity index (χ0v) is 13.9. The zero-order valence-electron chi connectivity index (χ0n) is 13.0. The number of thiophene rings is 1. The van der Waals surface area contributed by atoms with Crippen LogP contribution in [-0.2, 0) is 11.3 Å². The van der Waals surface area contributed by atoms with Crippen molar-refractivity contribution in [2.75, 3.05) is 13.6 Å². The van der Waals surface area contributed by atoms with Crippen LogP contribution >= 0.6 is 11.3 Å². The lowest BCUT2D eigenvalue weighted by atomic mass is 9.84. The van der Waals surface area contributed by atoms with Crippen molar-refractivity contribution >= 4 is 23.3 Å². The molecule has 0 radical (unpaired) electrons. The standard InChI is InChI=1S/C15H24N2O3S/c1-15(2,3)8-11(13(18)19)9-16-14(20)17(4)10-12-6-5-7-21-12/h5-7,11H,8-10H2,1-4H3,(H,16,20)(H,18,19). The number of carbonyl (C=O) groups excluding carboxylic acids is 1. The smallest absolute Gasteiger partial charge is 0.317 e. The van der Waals surface area contributed by atoms with Gasteiger partial charge in [-0.1, -0.05) is 26.8 Å². The fraction of sp³-hybridized carbons (Fsp3) is 0.600. The van der Waals surface area contributed by atoms with Crippen LogP contribution in [0.2, 0.25) is 0 Å². The van der Waals surface area contributed by atoms with Crippen LogP contribution in [0.3, 0.4) is 0 Å². The molecule has 0 aliphatic heterocycles. The predicted octanol–water partition coefficient (Wildman–Crippen LogP) is 3.03. The van der Waals surface area contributed by atoms with Gasteiger partial charge in [-0.2, -0.15) is 0 Å². The number of hydrogen-bond donors (Lipinski definition) is 2. The van der Waals surface area contributed by atoms with Crippen molar-refractivity contribution in [2.24, 2.45) is 11.3 Å². The maximum Gasteiger partial charge on any atom is 0.317 e. The highest BCUT2D eigenvalue weighted by Crippen LogP contribution is 2.24. The van der Waals surface area contributed by atoms with Gasteiger partial charge in [-0.25, -0.2) is 4.79 Å². The van der Waals surface area contributed by atoms with Gasteiger partial charge in [0, 0.05) is 18.5 Å². The molecule has 0 aromatic carbocycles. The molecule has 1 rings (SSSR count). The summed E-state index contributed by atoms with van der Waals surface area (Å²) < 4.78 is 0. The van der Waals surface area contributed by atoms with Crippen molar-refractivity contribution in [3.05, 3.63) is 22.4 Å². The molecule has 0 saturated heterocycles. The van der Waals surface area contributed by atoms with Gasteiger partial charge in [-0.05, 0) is 23.3 Å². The van der Waals surface area contributed by atoms with Gasteiger partial charge in [0.05, 0.1) is 12.5 Å². The number of rotatable bonds is 6. The van der Waals surface area contributed by atoms with Gasteiger partial charge in [0.2, 0.25) is 0 Å². The molecule has 0 fully saturated rings. The Morgan fingerprint density at radius 3 is 2.57 bits per heavy atom. The Morgan fingerprint density at radius 1 is 1.43 bits per heavy atom. The molecule has 0 aliphatic rings. The third-order valence-electron chi connectivity index (χ3n) is 3.03. The lowest BCUT2D eigenvalue weighted by molar-refractivity contribution is -0.142. The number of hydrogen-bond acceptors (Lipinski definition) is 3. The second-order valence-electron chi connectivity index (χ2n) is 6.42. The van der Waals surface area contributed by atoms with E-state index >= 15 is 0 Å². The van der Waals surface area contributed by atoms with Crippen molar-refractivity contribution in [1.29, 1.82) is 0 Å². The van der Waals surface area contributed by atoms with Gasteiger partial charge in [0.15, 0.2) is 0 Å². The van der Waals surface area contributed by atoms with E-state index in [0.29, 0.717) is 13.0 Å². The molecule has 2 N–H and O–H groups in total. The summed E-state index contributed by atoms with van der Waals surface area (Å²) in [5, 5.41) is 13.9. The largest absolute Gasteiger partial charge is 0.481 e. The predicted molar refractivity (Wildman–Crippen MR) is 84.4 cm³/mol. The first-order valence-corrected chi connectivity index (χ1v) is 7.81. The molecule has 1 heterocycles. The second-order valence-corrected chi connectivity index (χ2v) is 7.45. The topological polar surface area (TPSA) is 69.6 Å². The Balaban J connectivity index is 2.47. The fourth-order valence-corrected chi connectivity index (χ4v) is 2.80. The summed E-state index contributed by atoms with van der Waals surface area (Å²) in [6.45, 7) is 6.66. The molecule has 1 unspecified atom stereocenters. The van der Waals surface area contributed by atoms with E-state index in [1.165, 1.54) is 0 Å². The van der Waals surface area contributed by atoms with Crippen LogP contribution in [0.15, 0.2) is 17.5 Å². The van der Waals surface area contributed by atoms with E-state index in [4.69, 9.17) is 0 Å². The molecule has 0 saturated carbocycles. The number of nitrogens with one attached hydrogen (secondary N) is 1. The number of nitrogens with zero attached hydrogens (tertiary/aromatic N) is 1. The minimum Gasteiger partial charge on any atom is -0.481 e. The van der Waals surface area contributed by atoms with E-state index in [9.17, 15) is 14.7 Å². The quantitative estimate of drug-likeness (QED) is 0.848. The monoisotopic (exact) mass is 312 g/mol. The van der Waals surface area contributed by atoms with Crippen LogP contribution < -0.4 is 5.32 Å². The van der Waals surface area contributed by atoms with Crippen LogP contribution in [-0.4, -0.2) is 35.6 Å². The van der Waals surface area contributed by atoms with Gasteiger partial charge in [-0.15, -0.1) is 11.3 Å². The first-order chi connectivity index (χ1) is 9.69. The molecule has 1 atom stereocenters. The van der Waals surface area contributed by atoms with Crippen LogP contribution in [0.1, 0.15) is 32.1 Å². The third-order valence-corrected chi connectivity index (χ3v) is 3.89. The highest BCUT2D eigenvalue weighted by Gasteiger charge is 2.25. The molecule has 118 valence electrons. The van der Waals surface area contributed by atoms with Crippen molar-refractivity contribution in [3.63, 3.8) is 0 Å². The molecule has 1 aromatic rings. The van der Waals surface area contributed by atoms with Gasteiger partial charge in [0.1, 0.15) is 0 Å². The summed E-state index contributed by atoms with van der Waals surface area (Å²) in [4.78, 5) is 25.9. The van der Waals surface area contributed by atoms with Crippen LogP contribution in [0.4, 0.5) is 4.79 Å². The Bertz CT molecular complexity index is 466. The van der Waals surface area contributed by atoms with Crippen molar-refractivity contribution in [3.8, 4) is 0 Å². The lowest BCUT2D eigenvalue weighted by Gasteiger charge is -2.24. The van der Waals surface area contributed by atoms with E-state index in [1.807, 2.05) is 38.3 Å². The van der Waals surface area contributed by atoms with Crippen molar-refractivity contribution < 1.29 is 14.7 Å². The SMILES string of the molecule is CN(Cc1cccs1)C(=O)NCC(CC(C)(C)C)C(=O)O. The Labute approximate surface area is 130 Å². The van der Waals surface area contributed by atoms with E-state index in [-0.39, 0.29) is 18.0 Å². The average Bonchev–Trinajstić information content (AvgIpc) is 2.85. The first-order valence-electron chi connectivity index (χ1n) is 6.93. The van der Waals surface area contributed by atoms with Gasteiger partial charge in [0.25, 0.3) is 0 Å². The van der Waals surface area contributed by atoms with Gasteiger partial charge in [-0.3, -0.25) is 4.79 Å². The van der Waals surface area contributed by atoms with Crippen LogP contribution in [0.25, 0.3) is 0 Å². The van der Waals surface area contributed by atoms with Crippen LogP contribution in [0, 0.1) is 11.3 Å². The molecule has 6 heteroatoms. The molecular formula is C15H24N2O3S. The maximum absolute atomic E-state index is 12.0. The van der Waals surface area contributed by atoms with E-state index in [1.54, 1.807) is 23.3 Å². The van der Waals surface area contributed by atoms with E-state index in [2.05, 4.69) is 5.32 Å². The molecule has 5 nitrogen and oxygen atoms in total. The maximum atomic E-state index is 12.0. The molecule has 21 heavy (non-hydrogen) atoms. The Morgan fingerprint density at radius 2 is 2.10 bits per heavy atom. The summed E-state index contributed by atoms with van der Waals surface area (Å²) >= 11 is 1.59. The molecule has 0 bridgehead atoms. The van der Waals surface area contributed by atoms with Crippen molar-refractivity contribution in [2.45, 2.75) is 33.7 Å². The minimum atomic E-state index is -0.869. The number of aliphatic carboxylic acids is 1. The fourth-order valence-electron chi connectivity index (χ4n) is 2.04. The average molecular weight is 312 g/mol. The highest BCUT2D eigenvalue weighted by molar-refractivity contribution is 7.09. The summed E-state index contributed by atoms with van der Waals surface area (Å²) in [7, 11) is 1.70.